The molecule has 0 saturated heterocycles. The molecule has 0 spiro atoms. The summed E-state index contributed by atoms with van der Waals surface area (Å²) in [5.74, 6) is 1.20. The number of furan rings is 2. The van der Waals surface area contributed by atoms with E-state index >= 15 is 0 Å². The van der Waals surface area contributed by atoms with Crippen molar-refractivity contribution in [2.45, 2.75) is 33.6 Å². The van der Waals surface area contributed by atoms with Crippen molar-refractivity contribution in [3.05, 3.63) is 89.7 Å². The summed E-state index contributed by atoms with van der Waals surface area (Å²) in [6.07, 6.45) is 1.88. The monoisotopic (exact) mass is 486 g/mol. The minimum atomic E-state index is 0.225. The zero-order valence-electron chi connectivity index (χ0n) is 21.7. The van der Waals surface area contributed by atoms with E-state index in [9.17, 15) is 0 Å². The maximum Gasteiger partial charge on any atom is 0.277 e. The molecule has 0 atom stereocenters. The molecular formula is C32H28N3O2+. The summed E-state index contributed by atoms with van der Waals surface area (Å²) < 4.78 is 17.1. The van der Waals surface area contributed by atoms with E-state index in [4.69, 9.17) is 13.9 Å². The smallest absolute Gasteiger partial charge is 0.277 e. The second-order valence-electron chi connectivity index (χ2n) is 10.3. The average molecular weight is 487 g/mol. The number of hydrogen-bond donors (Lipinski definition) is 0. The highest BCUT2D eigenvalue weighted by Gasteiger charge is 2.31. The molecule has 3 aromatic heterocycles. The molecule has 0 radical (unpaired) electrons. The molecule has 4 aromatic carbocycles. The number of nitrogens with zero attached hydrogens (tertiary/aromatic N) is 3. The molecule has 0 aliphatic heterocycles. The highest BCUT2D eigenvalue weighted by atomic mass is 16.3. The van der Waals surface area contributed by atoms with Gasteiger partial charge in [-0.25, -0.2) is 4.57 Å². The lowest BCUT2D eigenvalue weighted by Gasteiger charge is -2.14. The maximum atomic E-state index is 6.48. The average Bonchev–Trinajstić information content (AvgIpc) is 3.56. The van der Waals surface area contributed by atoms with Gasteiger partial charge in [0.05, 0.1) is 12.6 Å². The van der Waals surface area contributed by atoms with Gasteiger partial charge in [-0.15, -0.1) is 0 Å². The summed E-state index contributed by atoms with van der Waals surface area (Å²) >= 11 is 0. The van der Waals surface area contributed by atoms with Gasteiger partial charge in [0.1, 0.15) is 22.3 Å². The van der Waals surface area contributed by atoms with Crippen LogP contribution in [0.3, 0.4) is 0 Å². The lowest BCUT2D eigenvalue weighted by molar-refractivity contribution is -0.660. The molecule has 0 saturated carbocycles. The van der Waals surface area contributed by atoms with Gasteiger partial charge in [0.2, 0.25) is 0 Å². The molecule has 5 heteroatoms. The van der Waals surface area contributed by atoms with Gasteiger partial charge >= 0.3 is 0 Å². The lowest BCUT2D eigenvalue weighted by atomic mass is 9.94. The Morgan fingerprint density at radius 1 is 0.757 bits per heavy atom. The van der Waals surface area contributed by atoms with Crippen LogP contribution in [0.4, 0.5) is 0 Å². The zero-order valence-corrected chi connectivity index (χ0v) is 21.7. The van der Waals surface area contributed by atoms with Crippen LogP contribution in [0.2, 0.25) is 0 Å². The van der Waals surface area contributed by atoms with E-state index in [0.29, 0.717) is 0 Å². The van der Waals surface area contributed by atoms with Crippen LogP contribution in [0.15, 0.2) is 81.9 Å². The molecule has 0 N–H and O–H groups in total. The maximum absolute atomic E-state index is 6.48. The topological polar surface area (TPSA) is 48.0 Å². The van der Waals surface area contributed by atoms with Crippen LogP contribution >= 0.6 is 0 Å². The first-order valence-corrected chi connectivity index (χ1v) is 12.7. The van der Waals surface area contributed by atoms with Gasteiger partial charge in [0, 0.05) is 32.2 Å². The first-order valence-electron chi connectivity index (χ1n) is 12.7. The molecule has 0 bridgehead atoms. The number of fused-ring (bicyclic) bond motifs is 6. The third-order valence-electron chi connectivity index (χ3n) is 7.51. The Hall–Kier alpha value is -4.38. The molecule has 3 heterocycles. The largest absolute Gasteiger partial charge is 0.456 e. The molecule has 0 aliphatic carbocycles. The highest BCUT2D eigenvalue weighted by molar-refractivity contribution is 6.10. The molecule has 5 nitrogen and oxygen atoms in total. The first-order chi connectivity index (χ1) is 17.9. The van der Waals surface area contributed by atoms with Crippen LogP contribution < -0.4 is 4.57 Å². The zero-order chi connectivity index (χ0) is 25.4. The third kappa shape index (κ3) is 3.03. The summed E-state index contributed by atoms with van der Waals surface area (Å²) in [7, 11) is 2.05. The molecule has 0 fully saturated rings. The Balaban J connectivity index is 1.59. The minimum Gasteiger partial charge on any atom is -0.456 e. The molecule has 182 valence electrons. The molecule has 0 unspecified atom stereocenters. The van der Waals surface area contributed by atoms with Gasteiger partial charge in [-0.05, 0) is 49.1 Å². The Labute approximate surface area is 214 Å². The van der Waals surface area contributed by atoms with E-state index < -0.39 is 0 Å². The van der Waals surface area contributed by atoms with E-state index in [1.807, 2.05) is 37.6 Å². The van der Waals surface area contributed by atoms with Crippen molar-refractivity contribution in [1.29, 1.82) is 0 Å². The van der Waals surface area contributed by atoms with Crippen molar-refractivity contribution in [3.8, 4) is 17.1 Å². The number of aromatic nitrogens is 3. The normalized spacial score (nSPS) is 12.2. The molecule has 7 aromatic rings. The van der Waals surface area contributed by atoms with Gasteiger partial charge in [0.25, 0.3) is 12.2 Å². The van der Waals surface area contributed by atoms with Crippen LogP contribution in [0.5, 0.6) is 0 Å². The molecule has 37 heavy (non-hydrogen) atoms. The molecular weight excluding hydrogens is 458 g/mol. The van der Waals surface area contributed by atoms with E-state index in [0.717, 1.165) is 77.6 Å². The summed E-state index contributed by atoms with van der Waals surface area (Å²) in [4.78, 5) is 0. The standard InChI is InChI=1S/C32H28N3O2/c1-18(2)27-29(20(4)16-24-22-11-7-9-13-26(22)37-31(24)27)35-32(34(5)17-33-35)28-19(3)14-15-23-21-10-6-8-12-25(21)36-30(23)28/h6-18H,1-5H3/q+1. The molecule has 0 aliphatic rings. The highest BCUT2D eigenvalue weighted by Crippen LogP contribution is 2.42. The van der Waals surface area contributed by atoms with Crippen molar-refractivity contribution < 1.29 is 13.4 Å². The van der Waals surface area contributed by atoms with Crippen molar-refractivity contribution in [1.82, 2.24) is 9.78 Å². The number of para-hydroxylation sites is 2. The van der Waals surface area contributed by atoms with Gasteiger partial charge in [-0.2, -0.15) is 0 Å². The third-order valence-corrected chi connectivity index (χ3v) is 7.51. The predicted octanol–water partition coefficient (Wildman–Crippen LogP) is 7.90. The van der Waals surface area contributed by atoms with Crippen LogP contribution in [0, 0.1) is 13.8 Å². The second-order valence-corrected chi connectivity index (χ2v) is 10.3. The Kier molecular flexibility index (Phi) is 4.61. The van der Waals surface area contributed by atoms with E-state index in [-0.39, 0.29) is 5.92 Å². The quantitative estimate of drug-likeness (QED) is 0.239. The summed E-state index contributed by atoms with van der Waals surface area (Å²) in [6.45, 7) is 8.75. The number of aryl methyl sites for hydroxylation is 3. The fraction of sp³-hybridized carbons (Fsp3) is 0.188. The number of hydrogen-bond acceptors (Lipinski definition) is 3. The van der Waals surface area contributed by atoms with E-state index in [1.54, 1.807) is 0 Å². The Morgan fingerprint density at radius 3 is 2.11 bits per heavy atom. The summed E-state index contributed by atoms with van der Waals surface area (Å²) in [5.41, 5.74) is 9.17. The lowest BCUT2D eigenvalue weighted by Crippen LogP contribution is -2.29. The fourth-order valence-electron chi connectivity index (χ4n) is 5.83. The van der Waals surface area contributed by atoms with Crippen molar-refractivity contribution in [3.63, 3.8) is 0 Å². The van der Waals surface area contributed by atoms with Crippen molar-refractivity contribution in [2.75, 3.05) is 0 Å². The van der Waals surface area contributed by atoms with E-state index in [2.05, 4.69) is 79.4 Å². The molecule has 7 rings (SSSR count). The Bertz CT molecular complexity index is 2000. The van der Waals surface area contributed by atoms with Gasteiger partial charge < -0.3 is 8.83 Å². The fourth-order valence-corrected chi connectivity index (χ4v) is 5.83. The summed E-state index contributed by atoms with van der Waals surface area (Å²) in [5, 5.41) is 9.44. The van der Waals surface area contributed by atoms with Crippen LogP contribution in [-0.4, -0.2) is 9.78 Å². The second kappa shape index (κ2) is 7.81. The molecule has 0 amide bonds. The first kappa shape index (κ1) is 21.9. The SMILES string of the molecule is Cc1cc2c(oc3ccccc32)c(C(C)C)c1-n1nc[n+](C)c1-c1c(C)ccc2c1oc1ccccc12. The van der Waals surface area contributed by atoms with Crippen molar-refractivity contribution >= 4 is 43.9 Å². The van der Waals surface area contributed by atoms with Crippen molar-refractivity contribution in [2.24, 2.45) is 7.05 Å². The van der Waals surface area contributed by atoms with Crippen LogP contribution in [0.25, 0.3) is 61.0 Å². The van der Waals surface area contributed by atoms with Gasteiger partial charge in [-0.3, -0.25) is 0 Å². The Morgan fingerprint density at radius 2 is 1.41 bits per heavy atom. The van der Waals surface area contributed by atoms with Crippen LogP contribution in [0.1, 0.15) is 36.5 Å². The minimum absolute atomic E-state index is 0.225. The number of rotatable bonds is 3. The predicted molar refractivity (Wildman–Crippen MR) is 148 cm³/mol. The van der Waals surface area contributed by atoms with Gasteiger partial charge in [-0.1, -0.05) is 67.1 Å². The van der Waals surface area contributed by atoms with Gasteiger partial charge in [0.15, 0.2) is 5.69 Å². The van der Waals surface area contributed by atoms with E-state index in [1.165, 1.54) is 0 Å². The number of benzene rings is 4. The summed E-state index contributed by atoms with van der Waals surface area (Å²) in [6, 6.07) is 23.1. The van der Waals surface area contributed by atoms with Crippen LogP contribution in [-0.2, 0) is 7.05 Å².